The van der Waals surface area contributed by atoms with Crippen molar-refractivity contribution in [3.8, 4) is 5.75 Å². The van der Waals surface area contributed by atoms with E-state index in [2.05, 4.69) is 5.48 Å². The first-order valence-electron chi connectivity index (χ1n) is 5.43. The average Bonchev–Trinajstić information content (AvgIpc) is 2.31. The van der Waals surface area contributed by atoms with Gasteiger partial charge >= 0.3 is 0 Å². The van der Waals surface area contributed by atoms with E-state index in [0.29, 0.717) is 13.2 Å². The lowest BCUT2D eigenvalue weighted by atomic mass is 10.0. The minimum Gasteiger partial charge on any atom is -0.508 e. The van der Waals surface area contributed by atoms with Crippen LogP contribution in [-0.2, 0) is 9.57 Å². The topological polar surface area (TPSA) is 50.7 Å². The second kappa shape index (κ2) is 7.22. The van der Waals surface area contributed by atoms with E-state index in [4.69, 9.17) is 9.57 Å². The lowest BCUT2D eigenvalue weighted by Gasteiger charge is -2.17. The second-order valence-corrected chi connectivity index (χ2v) is 3.48. The van der Waals surface area contributed by atoms with Gasteiger partial charge in [-0.05, 0) is 12.5 Å². The lowest BCUT2D eigenvalue weighted by Crippen LogP contribution is -2.23. The van der Waals surface area contributed by atoms with Crippen LogP contribution in [-0.4, -0.2) is 25.4 Å². The number of ether oxygens (including phenoxy) is 1. The standard InChI is InChI=1S/C12H19NO3/c1-3-11(13-16-9-8-15-2)10-6-4-5-7-12(10)14/h4-7,11,13-14H,3,8-9H2,1-2H3. The van der Waals surface area contributed by atoms with E-state index < -0.39 is 0 Å². The van der Waals surface area contributed by atoms with Crippen molar-refractivity contribution in [3.05, 3.63) is 29.8 Å². The molecule has 0 saturated heterocycles. The summed E-state index contributed by atoms with van der Waals surface area (Å²) in [6.45, 7) is 3.06. The van der Waals surface area contributed by atoms with Gasteiger partial charge in [0.05, 0.1) is 19.3 Å². The van der Waals surface area contributed by atoms with Gasteiger partial charge in [-0.25, -0.2) is 0 Å². The van der Waals surface area contributed by atoms with Crippen molar-refractivity contribution < 1.29 is 14.7 Å². The van der Waals surface area contributed by atoms with Crippen LogP contribution in [0, 0.1) is 0 Å². The van der Waals surface area contributed by atoms with Crippen molar-refractivity contribution in [3.63, 3.8) is 0 Å². The Hall–Kier alpha value is -1.10. The predicted molar refractivity (Wildman–Crippen MR) is 62.1 cm³/mol. The Morgan fingerprint density at radius 2 is 2.06 bits per heavy atom. The quantitative estimate of drug-likeness (QED) is 0.550. The number of rotatable bonds is 7. The molecule has 0 heterocycles. The summed E-state index contributed by atoms with van der Waals surface area (Å²) in [4.78, 5) is 5.25. The SMILES string of the molecule is CCC(NOCCOC)c1ccccc1O. The number of hydroxylamine groups is 1. The highest BCUT2D eigenvalue weighted by Crippen LogP contribution is 2.25. The highest BCUT2D eigenvalue weighted by Gasteiger charge is 2.12. The van der Waals surface area contributed by atoms with Crippen molar-refractivity contribution in [1.29, 1.82) is 0 Å². The van der Waals surface area contributed by atoms with Gasteiger partial charge in [-0.3, -0.25) is 4.84 Å². The van der Waals surface area contributed by atoms with E-state index in [1.165, 1.54) is 0 Å². The van der Waals surface area contributed by atoms with Gasteiger partial charge < -0.3 is 9.84 Å². The molecular weight excluding hydrogens is 206 g/mol. The molecule has 4 heteroatoms. The van der Waals surface area contributed by atoms with Crippen molar-refractivity contribution in [2.45, 2.75) is 19.4 Å². The Kier molecular flexibility index (Phi) is 5.85. The van der Waals surface area contributed by atoms with Gasteiger partial charge in [0.15, 0.2) is 0 Å². The van der Waals surface area contributed by atoms with Crippen LogP contribution in [0.25, 0.3) is 0 Å². The van der Waals surface area contributed by atoms with Gasteiger partial charge in [0, 0.05) is 12.7 Å². The maximum atomic E-state index is 9.69. The molecule has 0 bridgehead atoms. The summed E-state index contributed by atoms with van der Waals surface area (Å²) in [6, 6.07) is 7.26. The average molecular weight is 225 g/mol. The largest absolute Gasteiger partial charge is 0.508 e. The van der Waals surface area contributed by atoms with Gasteiger partial charge in [-0.1, -0.05) is 25.1 Å². The Morgan fingerprint density at radius 3 is 2.69 bits per heavy atom. The van der Waals surface area contributed by atoms with Crippen LogP contribution in [0.2, 0.25) is 0 Å². The number of hydrogen-bond donors (Lipinski definition) is 2. The normalized spacial score (nSPS) is 12.6. The molecule has 0 amide bonds. The molecule has 1 atom stereocenters. The first-order chi connectivity index (χ1) is 7.79. The summed E-state index contributed by atoms with van der Waals surface area (Å²) in [5, 5.41) is 9.69. The molecule has 1 aromatic rings. The van der Waals surface area contributed by atoms with Crippen molar-refractivity contribution in [2.24, 2.45) is 0 Å². The molecule has 0 spiro atoms. The molecule has 0 radical (unpaired) electrons. The fourth-order valence-corrected chi connectivity index (χ4v) is 1.43. The van der Waals surface area contributed by atoms with Crippen LogP contribution >= 0.6 is 0 Å². The first kappa shape index (κ1) is 13.0. The van der Waals surface area contributed by atoms with E-state index in [1.54, 1.807) is 19.2 Å². The summed E-state index contributed by atoms with van der Waals surface area (Å²) in [5.41, 5.74) is 3.77. The zero-order chi connectivity index (χ0) is 11.8. The number of hydrogen-bond acceptors (Lipinski definition) is 4. The van der Waals surface area contributed by atoms with E-state index in [-0.39, 0.29) is 11.8 Å². The molecule has 4 nitrogen and oxygen atoms in total. The number of para-hydroxylation sites is 1. The maximum Gasteiger partial charge on any atom is 0.120 e. The number of aromatic hydroxyl groups is 1. The van der Waals surface area contributed by atoms with Crippen LogP contribution in [0.5, 0.6) is 5.75 Å². The minimum atomic E-state index is -0.00180. The van der Waals surface area contributed by atoms with Crippen molar-refractivity contribution in [1.82, 2.24) is 5.48 Å². The van der Waals surface area contributed by atoms with E-state index in [1.807, 2.05) is 19.1 Å². The monoisotopic (exact) mass is 225 g/mol. The molecule has 2 N–H and O–H groups in total. The minimum absolute atomic E-state index is 0.00180. The maximum absolute atomic E-state index is 9.69. The van der Waals surface area contributed by atoms with E-state index in [0.717, 1.165) is 12.0 Å². The smallest absolute Gasteiger partial charge is 0.120 e. The molecule has 0 saturated carbocycles. The summed E-state index contributed by atoms with van der Waals surface area (Å²) >= 11 is 0. The molecule has 0 fully saturated rings. The van der Waals surface area contributed by atoms with Crippen molar-refractivity contribution in [2.75, 3.05) is 20.3 Å². The number of phenolic OH excluding ortho intramolecular Hbond substituents is 1. The van der Waals surface area contributed by atoms with Gasteiger partial charge in [-0.15, -0.1) is 0 Å². The molecule has 0 aromatic heterocycles. The third kappa shape index (κ3) is 3.81. The van der Waals surface area contributed by atoms with Crippen LogP contribution in [0.3, 0.4) is 0 Å². The molecule has 90 valence electrons. The molecule has 1 aromatic carbocycles. The molecular formula is C12H19NO3. The van der Waals surface area contributed by atoms with Gasteiger partial charge in [0.25, 0.3) is 0 Å². The highest BCUT2D eigenvalue weighted by molar-refractivity contribution is 5.34. The van der Waals surface area contributed by atoms with Gasteiger partial charge in [-0.2, -0.15) is 5.48 Å². The lowest BCUT2D eigenvalue weighted by molar-refractivity contribution is -0.0134. The molecule has 1 rings (SSSR count). The number of methoxy groups -OCH3 is 1. The molecule has 1 unspecified atom stereocenters. The van der Waals surface area contributed by atoms with Gasteiger partial charge in [0.2, 0.25) is 0 Å². The highest BCUT2D eigenvalue weighted by atomic mass is 16.7. The third-order valence-corrected chi connectivity index (χ3v) is 2.34. The summed E-state index contributed by atoms with van der Waals surface area (Å²) in [7, 11) is 1.63. The fourth-order valence-electron chi connectivity index (χ4n) is 1.43. The van der Waals surface area contributed by atoms with E-state index >= 15 is 0 Å². The van der Waals surface area contributed by atoms with Crippen LogP contribution in [0.15, 0.2) is 24.3 Å². The molecule has 16 heavy (non-hydrogen) atoms. The summed E-state index contributed by atoms with van der Waals surface area (Å²) in [6.07, 6.45) is 0.838. The fraction of sp³-hybridized carbons (Fsp3) is 0.500. The Morgan fingerprint density at radius 1 is 1.31 bits per heavy atom. The molecule has 0 aliphatic heterocycles. The third-order valence-electron chi connectivity index (χ3n) is 2.34. The molecule has 0 aliphatic carbocycles. The summed E-state index contributed by atoms with van der Waals surface area (Å²) < 4.78 is 4.87. The summed E-state index contributed by atoms with van der Waals surface area (Å²) in [5.74, 6) is 0.289. The zero-order valence-electron chi connectivity index (χ0n) is 9.77. The van der Waals surface area contributed by atoms with Crippen LogP contribution < -0.4 is 5.48 Å². The first-order valence-corrected chi connectivity index (χ1v) is 5.43. The number of benzene rings is 1. The Balaban J connectivity index is 2.51. The van der Waals surface area contributed by atoms with Crippen LogP contribution in [0.1, 0.15) is 24.9 Å². The number of phenols is 1. The molecule has 0 aliphatic rings. The van der Waals surface area contributed by atoms with E-state index in [9.17, 15) is 5.11 Å². The van der Waals surface area contributed by atoms with Crippen LogP contribution in [0.4, 0.5) is 0 Å². The zero-order valence-corrected chi connectivity index (χ0v) is 9.77. The predicted octanol–water partition coefficient (Wildman–Crippen LogP) is 2.01. The second-order valence-electron chi connectivity index (χ2n) is 3.48. The number of nitrogens with one attached hydrogen (secondary N) is 1. The van der Waals surface area contributed by atoms with Crippen molar-refractivity contribution >= 4 is 0 Å². The van der Waals surface area contributed by atoms with Gasteiger partial charge in [0.1, 0.15) is 5.75 Å². The Bertz CT molecular complexity index is 304. The Labute approximate surface area is 96.1 Å².